The third-order valence-corrected chi connectivity index (χ3v) is 4.63. The molecule has 1 aliphatic heterocycles. The van der Waals surface area contributed by atoms with Gasteiger partial charge in [-0.05, 0) is 23.6 Å². The highest BCUT2D eigenvalue weighted by Gasteiger charge is 2.15. The summed E-state index contributed by atoms with van der Waals surface area (Å²) in [5, 5.41) is 9.34. The van der Waals surface area contributed by atoms with E-state index in [1.807, 2.05) is 29.6 Å². The summed E-state index contributed by atoms with van der Waals surface area (Å²) in [6.07, 6.45) is 0.229. The molecule has 0 saturated carbocycles. The van der Waals surface area contributed by atoms with Gasteiger partial charge in [-0.15, -0.1) is 0 Å². The number of para-hydroxylation sites is 2. The number of amides is 2. The fourth-order valence-corrected chi connectivity index (χ4v) is 3.29. The van der Waals surface area contributed by atoms with Crippen molar-refractivity contribution in [3.63, 3.8) is 0 Å². The van der Waals surface area contributed by atoms with Crippen molar-refractivity contribution < 1.29 is 14.3 Å². The van der Waals surface area contributed by atoms with Gasteiger partial charge in [-0.2, -0.15) is 11.3 Å². The SMILES string of the molecule is O=C(CCNC(=O)c1ccsc1)Nc1ccccc1N1CCOCC1. The van der Waals surface area contributed by atoms with Crippen LogP contribution in [0.2, 0.25) is 0 Å². The van der Waals surface area contributed by atoms with Crippen molar-refractivity contribution >= 4 is 34.5 Å². The number of nitrogens with one attached hydrogen (secondary N) is 2. The van der Waals surface area contributed by atoms with Crippen LogP contribution >= 0.6 is 11.3 Å². The average molecular weight is 359 g/mol. The highest BCUT2D eigenvalue weighted by molar-refractivity contribution is 7.08. The van der Waals surface area contributed by atoms with Crippen LogP contribution in [-0.4, -0.2) is 44.7 Å². The number of ether oxygens (including phenoxy) is 1. The fourth-order valence-electron chi connectivity index (χ4n) is 2.66. The van der Waals surface area contributed by atoms with Crippen molar-refractivity contribution in [2.45, 2.75) is 6.42 Å². The minimum atomic E-state index is -0.150. The van der Waals surface area contributed by atoms with E-state index in [0.29, 0.717) is 25.3 Å². The van der Waals surface area contributed by atoms with Crippen LogP contribution in [0.1, 0.15) is 16.8 Å². The zero-order chi connectivity index (χ0) is 17.5. The number of carbonyl (C=O) groups is 2. The van der Waals surface area contributed by atoms with Crippen LogP contribution in [0.15, 0.2) is 41.1 Å². The molecule has 25 heavy (non-hydrogen) atoms. The normalized spacial score (nSPS) is 14.2. The van der Waals surface area contributed by atoms with E-state index in [-0.39, 0.29) is 18.2 Å². The molecule has 0 aliphatic carbocycles. The van der Waals surface area contributed by atoms with E-state index >= 15 is 0 Å². The van der Waals surface area contributed by atoms with Crippen LogP contribution in [0.3, 0.4) is 0 Å². The summed E-state index contributed by atoms with van der Waals surface area (Å²) < 4.78 is 5.38. The first-order valence-electron chi connectivity index (χ1n) is 8.26. The van der Waals surface area contributed by atoms with Gasteiger partial charge in [-0.25, -0.2) is 0 Å². The van der Waals surface area contributed by atoms with Gasteiger partial charge in [0.05, 0.1) is 24.6 Å². The van der Waals surface area contributed by atoms with Gasteiger partial charge in [0.2, 0.25) is 5.91 Å². The van der Waals surface area contributed by atoms with Gasteiger partial charge in [0.25, 0.3) is 5.91 Å². The third-order valence-electron chi connectivity index (χ3n) is 3.95. The minimum absolute atomic E-state index is 0.119. The molecule has 2 N–H and O–H groups in total. The van der Waals surface area contributed by atoms with E-state index in [4.69, 9.17) is 4.74 Å². The lowest BCUT2D eigenvalue weighted by atomic mass is 10.2. The molecule has 1 aromatic carbocycles. The molecule has 0 bridgehead atoms. The first-order valence-corrected chi connectivity index (χ1v) is 9.20. The van der Waals surface area contributed by atoms with Crippen LogP contribution in [-0.2, 0) is 9.53 Å². The number of hydrogen-bond acceptors (Lipinski definition) is 5. The first-order chi connectivity index (χ1) is 12.2. The van der Waals surface area contributed by atoms with Gasteiger partial charge in [-0.3, -0.25) is 9.59 Å². The lowest BCUT2D eigenvalue weighted by Gasteiger charge is -2.30. The Labute approximate surface area is 150 Å². The first kappa shape index (κ1) is 17.4. The molecule has 7 heteroatoms. The maximum atomic E-state index is 12.2. The van der Waals surface area contributed by atoms with Crippen molar-refractivity contribution in [3.8, 4) is 0 Å². The van der Waals surface area contributed by atoms with Crippen molar-refractivity contribution in [1.82, 2.24) is 5.32 Å². The summed E-state index contributed by atoms with van der Waals surface area (Å²) in [4.78, 5) is 26.3. The van der Waals surface area contributed by atoms with Crippen molar-refractivity contribution in [3.05, 3.63) is 46.7 Å². The molecule has 6 nitrogen and oxygen atoms in total. The van der Waals surface area contributed by atoms with Gasteiger partial charge in [-0.1, -0.05) is 12.1 Å². The second-order valence-electron chi connectivity index (χ2n) is 5.68. The number of anilines is 2. The predicted octanol–water partition coefficient (Wildman–Crippen LogP) is 2.34. The molecule has 1 aliphatic rings. The van der Waals surface area contributed by atoms with Crippen LogP contribution in [0.5, 0.6) is 0 Å². The second kappa shape index (κ2) is 8.64. The number of carbonyl (C=O) groups excluding carboxylic acids is 2. The summed E-state index contributed by atoms with van der Waals surface area (Å²) in [6.45, 7) is 3.31. The zero-order valence-corrected chi connectivity index (χ0v) is 14.7. The Balaban J connectivity index is 1.52. The van der Waals surface area contributed by atoms with E-state index in [2.05, 4.69) is 15.5 Å². The highest BCUT2D eigenvalue weighted by Crippen LogP contribution is 2.26. The Morgan fingerprint density at radius 3 is 2.72 bits per heavy atom. The molecule has 132 valence electrons. The van der Waals surface area contributed by atoms with E-state index in [1.165, 1.54) is 11.3 Å². The lowest BCUT2D eigenvalue weighted by molar-refractivity contribution is -0.116. The summed E-state index contributed by atoms with van der Waals surface area (Å²) >= 11 is 1.47. The molecule has 0 atom stereocenters. The molecule has 2 heterocycles. The fraction of sp³-hybridized carbons (Fsp3) is 0.333. The maximum absolute atomic E-state index is 12.2. The van der Waals surface area contributed by atoms with E-state index < -0.39 is 0 Å². The molecular weight excluding hydrogens is 338 g/mol. The summed E-state index contributed by atoms with van der Waals surface area (Å²) in [6, 6.07) is 9.52. The van der Waals surface area contributed by atoms with Gasteiger partial charge >= 0.3 is 0 Å². The predicted molar refractivity (Wildman–Crippen MR) is 99.4 cm³/mol. The van der Waals surface area contributed by atoms with Crippen LogP contribution in [0.25, 0.3) is 0 Å². The van der Waals surface area contributed by atoms with Gasteiger partial charge in [0, 0.05) is 37.0 Å². The second-order valence-corrected chi connectivity index (χ2v) is 6.46. The van der Waals surface area contributed by atoms with Crippen LogP contribution in [0.4, 0.5) is 11.4 Å². The molecule has 3 rings (SSSR count). The molecule has 0 spiro atoms. The van der Waals surface area contributed by atoms with Gasteiger partial charge in [0.1, 0.15) is 0 Å². The van der Waals surface area contributed by atoms with Gasteiger partial charge in [0.15, 0.2) is 0 Å². The summed E-state index contributed by atoms with van der Waals surface area (Å²) in [5.74, 6) is -0.269. The smallest absolute Gasteiger partial charge is 0.252 e. The number of hydrogen-bond donors (Lipinski definition) is 2. The number of nitrogens with zero attached hydrogens (tertiary/aromatic N) is 1. The largest absolute Gasteiger partial charge is 0.378 e. The Morgan fingerprint density at radius 2 is 1.96 bits per heavy atom. The minimum Gasteiger partial charge on any atom is -0.378 e. The van der Waals surface area contributed by atoms with Crippen LogP contribution in [0, 0.1) is 0 Å². The molecule has 2 amide bonds. The highest BCUT2D eigenvalue weighted by atomic mass is 32.1. The third kappa shape index (κ3) is 4.80. The Kier molecular flexibility index (Phi) is 6.03. The zero-order valence-electron chi connectivity index (χ0n) is 13.9. The topological polar surface area (TPSA) is 70.7 Å². The summed E-state index contributed by atoms with van der Waals surface area (Å²) in [7, 11) is 0. The average Bonchev–Trinajstić information content (AvgIpc) is 3.18. The van der Waals surface area contributed by atoms with E-state index in [0.717, 1.165) is 24.5 Å². The lowest BCUT2D eigenvalue weighted by Crippen LogP contribution is -2.36. The quantitative estimate of drug-likeness (QED) is 0.831. The molecule has 1 fully saturated rings. The molecule has 0 radical (unpaired) electrons. The van der Waals surface area contributed by atoms with Crippen LogP contribution < -0.4 is 15.5 Å². The van der Waals surface area contributed by atoms with E-state index in [9.17, 15) is 9.59 Å². The molecular formula is C18H21N3O3S. The standard InChI is InChI=1S/C18H21N3O3S/c22-17(5-7-19-18(23)14-6-12-25-13-14)20-15-3-1-2-4-16(15)21-8-10-24-11-9-21/h1-4,6,12-13H,5,7-11H2,(H,19,23)(H,20,22). The van der Waals surface area contributed by atoms with Gasteiger partial charge < -0.3 is 20.3 Å². The Bertz CT molecular complexity index is 712. The monoisotopic (exact) mass is 359 g/mol. The van der Waals surface area contributed by atoms with Crippen molar-refractivity contribution in [2.24, 2.45) is 0 Å². The number of rotatable bonds is 6. The summed E-state index contributed by atoms with van der Waals surface area (Å²) in [5.41, 5.74) is 2.42. The number of morpholine rings is 1. The van der Waals surface area contributed by atoms with Crippen molar-refractivity contribution in [2.75, 3.05) is 43.1 Å². The number of benzene rings is 1. The number of thiophene rings is 1. The molecule has 2 aromatic rings. The van der Waals surface area contributed by atoms with Crippen molar-refractivity contribution in [1.29, 1.82) is 0 Å². The molecule has 1 aromatic heterocycles. The Morgan fingerprint density at radius 1 is 1.16 bits per heavy atom. The molecule has 0 unspecified atom stereocenters. The van der Waals surface area contributed by atoms with E-state index in [1.54, 1.807) is 11.4 Å². The maximum Gasteiger partial charge on any atom is 0.252 e. The molecule has 1 saturated heterocycles. The Hall–Kier alpha value is -2.38.